The lowest BCUT2D eigenvalue weighted by Crippen LogP contribution is -2.39. The van der Waals surface area contributed by atoms with Crippen molar-refractivity contribution in [2.75, 3.05) is 11.4 Å². The summed E-state index contributed by atoms with van der Waals surface area (Å²) in [7, 11) is 0. The number of hydrogen-bond donors (Lipinski definition) is 1. The van der Waals surface area contributed by atoms with E-state index in [1.54, 1.807) is 4.90 Å². The van der Waals surface area contributed by atoms with Crippen molar-refractivity contribution >= 4 is 17.6 Å². The van der Waals surface area contributed by atoms with Gasteiger partial charge >= 0.3 is 5.97 Å². The topological polar surface area (TPSA) is 57.6 Å². The summed E-state index contributed by atoms with van der Waals surface area (Å²) in [5.74, 6) is -1.57. The summed E-state index contributed by atoms with van der Waals surface area (Å²) in [6.07, 6.45) is 1.26. The van der Waals surface area contributed by atoms with Gasteiger partial charge in [0.2, 0.25) is 5.91 Å². The Kier molecular flexibility index (Phi) is 4.66. The van der Waals surface area contributed by atoms with Crippen LogP contribution in [0.25, 0.3) is 0 Å². The van der Waals surface area contributed by atoms with Crippen LogP contribution in [-0.4, -0.2) is 23.5 Å². The molecule has 0 radical (unpaired) electrons. The molecule has 114 valence electrons. The number of aliphatic carboxylic acids is 1. The number of amides is 1. The van der Waals surface area contributed by atoms with E-state index in [0.717, 1.165) is 11.3 Å². The van der Waals surface area contributed by atoms with Crippen LogP contribution in [-0.2, 0) is 9.59 Å². The maximum atomic E-state index is 12.9. The number of rotatable bonds is 4. The zero-order valence-electron chi connectivity index (χ0n) is 12.9. The molecule has 1 aliphatic rings. The number of nitrogens with zero attached hydrogens (tertiary/aromatic N) is 1. The average Bonchev–Trinajstić information content (AvgIpc) is 2.84. The van der Waals surface area contributed by atoms with Crippen LogP contribution in [0.3, 0.4) is 0 Å². The second kappa shape index (κ2) is 6.29. The lowest BCUT2D eigenvalue weighted by molar-refractivity contribution is -0.145. The quantitative estimate of drug-likeness (QED) is 0.926. The number of hydrogen-bond acceptors (Lipinski definition) is 2. The molecule has 1 saturated carbocycles. The summed E-state index contributed by atoms with van der Waals surface area (Å²) < 4.78 is 0. The highest BCUT2D eigenvalue weighted by atomic mass is 16.4. The summed E-state index contributed by atoms with van der Waals surface area (Å²) in [4.78, 5) is 26.0. The molecule has 1 amide bonds. The van der Waals surface area contributed by atoms with Crippen LogP contribution in [0.4, 0.5) is 5.69 Å². The molecule has 4 heteroatoms. The molecule has 21 heavy (non-hydrogen) atoms. The standard InChI is InChI=1S/C17H23NO3/c1-4-18(15-8-6-5-7-12(15)3)16(19)13-9-11(2)10-14(13)17(20)21/h5-8,11,13-14H,4,9-10H2,1-3H3,(H,20,21)/t11?,13-,14+/m0/s1. The van der Waals surface area contributed by atoms with E-state index in [-0.39, 0.29) is 11.8 Å². The van der Waals surface area contributed by atoms with E-state index < -0.39 is 17.8 Å². The molecule has 0 aliphatic heterocycles. The Morgan fingerprint density at radius 2 is 1.86 bits per heavy atom. The number of benzene rings is 1. The number of carboxylic acids is 1. The second-order valence-electron chi connectivity index (χ2n) is 6.00. The summed E-state index contributed by atoms with van der Waals surface area (Å²) in [6, 6.07) is 7.74. The smallest absolute Gasteiger partial charge is 0.307 e. The van der Waals surface area contributed by atoms with Crippen molar-refractivity contribution in [3.63, 3.8) is 0 Å². The monoisotopic (exact) mass is 289 g/mol. The van der Waals surface area contributed by atoms with Gasteiger partial charge < -0.3 is 10.0 Å². The summed E-state index contributed by atoms with van der Waals surface area (Å²) in [6.45, 7) is 6.48. The van der Waals surface area contributed by atoms with Gasteiger partial charge in [0.1, 0.15) is 0 Å². The Labute approximate surface area is 125 Å². The fourth-order valence-electron chi connectivity index (χ4n) is 3.35. The number of carbonyl (C=O) groups excluding carboxylic acids is 1. The lowest BCUT2D eigenvalue weighted by atomic mass is 9.94. The minimum atomic E-state index is -0.849. The number of carboxylic acid groups (broad SMARTS) is 1. The first-order valence-corrected chi connectivity index (χ1v) is 7.55. The van der Waals surface area contributed by atoms with Gasteiger partial charge in [-0.15, -0.1) is 0 Å². The summed E-state index contributed by atoms with van der Waals surface area (Å²) >= 11 is 0. The molecule has 0 bridgehead atoms. The fourth-order valence-corrected chi connectivity index (χ4v) is 3.35. The Morgan fingerprint density at radius 1 is 1.24 bits per heavy atom. The van der Waals surface area contributed by atoms with Crippen molar-refractivity contribution in [1.29, 1.82) is 0 Å². The third-order valence-electron chi connectivity index (χ3n) is 4.42. The van der Waals surface area contributed by atoms with Gasteiger partial charge in [-0.1, -0.05) is 25.1 Å². The molecule has 1 N–H and O–H groups in total. The molecule has 0 aromatic heterocycles. The van der Waals surface area contributed by atoms with Gasteiger partial charge in [0, 0.05) is 12.2 Å². The highest BCUT2D eigenvalue weighted by Gasteiger charge is 2.42. The van der Waals surface area contributed by atoms with Crippen LogP contribution < -0.4 is 4.90 Å². The zero-order valence-corrected chi connectivity index (χ0v) is 12.9. The van der Waals surface area contributed by atoms with E-state index in [2.05, 4.69) is 0 Å². The molecule has 4 nitrogen and oxygen atoms in total. The van der Waals surface area contributed by atoms with E-state index in [9.17, 15) is 14.7 Å². The summed E-state index contributed by atoms with van der Waals surface area (Å²) in [5, 5.41) is 9.36. The van der Waals surface area contributed by atoms with Crippen molar-refractivity contribution in [2.45, 2.75) is 33.6 Å². The molecule has 1 aromatic rings. The maximum Gasteiger partial charge on any atom is 0.307 e. The van der Waals surface area contributed by atoms with Crippen molar-refractivity contribution in [2.24, 2.45) is 17.8 Å². The van der Waals surface area contributed by atoms with Gasteiger partial charge in [-0.25, -0.2) is 0 Å². The molecule has 0 saturated heterocycles. The largest absolute Gasteiger partial charge is 0.481 e. The normalized spacial score (nSPS) is 24.8. The van der Waals surface area contributed by atoms with Crippen LogP contribution in [0.1, 0.15) is 32.3 Å². The number of carbonyl (C=O) groups is 2. The van der Waals surface area contributed by atoms with Gasteiger partial charge in [-0.3, -0.25) is 9.59 Å². The average molecular weight is 289 g/mol. The Hall–Kier alpha value is -1.84. The minimum Gasteiger partial charge on any atom is -0.481 e. The van der Waals surface area contributed by atoms with Crippen LogP contribution in [0, 0.1) is 24.7 Å². The highest BCUT2D eigenvalue weighted by Crippen LogP contribution is 2.38. The van der Waals surface area contributed by atoms with Gasteiger partial charge in [-0.05, 0) is 44.2 Å². The molecule has 1 fully saturated rings. The molecule has 1 unspecified atom stereocenters. The SMILES string of the molecule is CCN(C(=O)[C@H]1CC(C)C[C@H]1C(=O)O)c1ccccc1C. The molecule has 1 aliphatic carbocycles. The predicted octanol–water partition coefficient (Wildman–Crippen LogP) is 3.09. The van der Waals surface area contributed by atoms with Crippen molar-refractivity contribution in [3.05, 3.63) is 29.8 Å². The van der Waals surface area contributed by atoms with Crippen LogP contribution in [0.15, 0.2) is 24.3 Å². The van der Waals surface area contributed by atoms with Gasteiger partial charge in [0.15, 0.2) is 0 Å². The van der Waals surface area contributed by atoms with Crippen molar-refractivity contribution < 1.29 is 14.7 Å². The van der Waals surface area contributed by atoms with E-state index >= 15 is 0 Å². The second-order valence-corrected chi connectivity index (χ2v) is 6.00. The van der Waals surface area contributed by atoms with Crippen LogP contribution >= 0.6 is 0 Å². The minimum absolute atomic E-state index is 0.0523. The maximum absolute atomic E-state index is 12.9. The van der Waals surface area contributed by atoms with Crippen molar-refractivity contribution in [1.82, 2.24) is 0 Å². The Balaban J connectivity index is 2.28. The first kappa shape index (κ1) is 15.5. The van der Waals surface area contributed by atoms with Gasteiger partial charge in [-0.2, -0.15) is 0 Å². The van der Waals surface area contributed by atoms with Crippen LogP contribution in [0.2, 0.25) is 0 Å². The van der Waals surface area contributed by atoms with E-state index in [4.69, 9.17) is 0 Å². The lowest BCUT2D eigenvalue weighted by Gasteiger charge is -2.27. The highest BCUT2D eigenvalue weighted by molar-refractivity contribution is 5.98. The Morgan fingerprint density at radius 3 is 2.43 bits per heavy atom. The van der Waals surface area contributed by atoms with Gasteiger partial charge in [0.05, 0.1) is 11.8 Å². The number of aryl methyl sites for hydroxylation is 1. The predicted molar refractivity (Wildman–Crippen MR) is 82.2 cm³/mol. The molecule has 0 heterocycles. The van der Waals surface area contributed by atoms with Crippen molar-refractivity contribution in [3.8, 4) is 0 Å². The van der Waals surface area contributed by atoms with E-state index in [0.29, 0.717) is 19.4 Å². The first-order valence-electron chi connectivity index (χ1n) is 7.55. The van der Waals surface area contributed by atoms with Crippen LogP contribution in [0.5, 0.6) is 0 Å². The number of para-hydroxylation sites is 1. The van der Waals surface area contributed by atoms with E-state index in [1.807, 2.05) is 45.0 Å². The third kappa shape index (κ3) is 3.09. The molecule has 3 atom stereocenters. The summed E-state index contributed by atoms with van der Waals surface area (Å²) in [5.41, 5.74) is 1.92. The molecule has 2 rings (SSSR count). The molecule has 0 spiro atoms. The molecular weight excluding hydrogens is 266 g/mol. The Bertz CT molecular complexity index is 541. The number of anilines is 1. The third-order valence-corrected chi connectivity index (χ3v) is 4.42. The zero-order chi connectivity index (χ0) is 15.6. The fraction of sp³-hybridized carbons (Fsp3) is 0.529. The molecular formula is C17H23NO3. The van der Waals surface area contributed by atoms with E-state index in [1.165, 1.54) is 0 Å². The van der Waals surface area contributed by atoms with Gasteiger partial charge in [0.25, 0.3) is 0 Å². The molecule has 1 aromatic carbocycles. The first-order chi connectivity index (χ1) is 9.95.